The van der Waals surface area contributed by atoms with Gasteiger partial charge in [0.15, 0.2) is 6.10 Å². The highest BCUT2D eigenvalue weighted by Crippen LogP contribution is 2.44. The topological polar surface area (TPSA) is 213 Å². The number of methoxy groups -OCH3 is 1. The molecule has 1 saturated heterocycles. The van der Waals surface area contributed by atoms with Crippen LogP contribution in [0.3, 0.4) is 0 Å². The molecule has 2 aliphatic carbocycles. The van der Waals surface area contributed by atoms with Gasteiger partial charge in [-0.25, -0.2) is 13.2 Å². The second-order valence-corrected chi connectivity index (χ2v) is 17.5. The number of carbonyl (C=O) groups is 4. The van der Waals surface area contributed by atoms with Gasteiger partial charge in [-0.15, -0.1) is 5.10 Å². The Morgan fingerprint density at radius 3 is 2.39 bits per heavy atom. The smallest absolute Gasteiger partial charge is 0.408 e. The number of aromatic nitrogens is 4. The highest BCUT2D eigenvalue weighted by Gasteiger charge is 2.61. The molecule has 0 spiro atoms. The molecule has 2 aromatic rings. The van der Waals surface area contributed by atoms with Crippen LogP contribution in [0.5, 0.6) is 5.75 Å². The first-order valence-electron chi connectivity index (χ1n) is 18.6. The number of rotatable bonds is 10. The fourth-order valence-electron chi connectivity index (χ4n) is 7.04. The van der Waals surface area contributed by atoms with E-state index >= 15 is 0 Å². The van der Waals surface area contributed by atoms with Gasteiger partial charge >= 0.3 is 6.09 Å². The van der Waals surface area contributed by atoms with Crippen LogP contribution in [0.4, 0.5) is 4.79 Å². The van der Waals surface area contributed by atoms with Gasteiger partial charge in [0.2, 0.25) is 27.7 Å². The van der Waals surface area contributed by atoms with Crippen LogP contribution >= 0.6 is 0 Å². The molecule has 6 rings (SSSR count). The summed E-state index contributed by atoms with van der Waals surface area (Å²) < 4.78 is 38.3. The quantitative estimate of drug-likeness (QED) is 0.297. The number of carbonyl (C=O) groups excluding carboxylic acids is 4. The van der Waals surface area contributed by atoms with Gasteiger partial charge in [0.25, 0.3) is 5.91 Å². The highest BCUT2D eigenvalue weighted by atomic mass is 32.2. The van der Waals surface area contributed by atoms with E-state index in [-0.39, 0.29) is 24.6 Å². The average Bonchev–Trinajstić information content (AvgIpc) is 3.99. The lowest BCUT2D eigenvalue weighted by atomic mass is 10.0. The van der Waals surface area contributed by atoms with Crippen molar-refractivity contribution in [2.24, 2.45) is 5.92 Å². The van der Waals surface area contributed by atoms with Crippen molar-refractivity contribution in [1.29, 1.82) is 0 Å². The molecular formula is C36H50N8O9S. The molecule has 3 unspecified atom stereocenters. The number of hydrogen-bond donors (Lipinski definition) is 3. The molecule has 3 N–H and O–H groups in total. The van der Waals surface area contributed by atoms with Gasteiger partial charge in [-0.2, -0.15) is 0 Å². The number of hydrogen-bond acceptors (Lipinski definition) is 12. The minimum atomic E-state index is -3.88. The molecule has 0 bridgehead atoms. The summed E-state index contributed by atoms with van der Waals surface area (Å²) in [7, 11) is -2.32. The van der Waals surface area contributed by atoms with Crippen LogP contribution in [0.15, 0.2) is 36.4 Å². The molecule has 0 radical (unpaired) electrons. The number of nitrogens with zero attached hydrogens (tertiary/aromatic N) is 5. The Morgan fingerprint density at radius 2 is 1.74 bits per heavy atom. The van der Waals surface area contributed by atoms with Gasteiger partial charge in [-0.3, -0.25) is 19.1 Å². The van der Waals surface area contributed by atoms with Crippen LogP contribution in [0.2, 0.25) is 0 Å². The minimum Gasteiger partial charge on any atom is -0.497 e. The van der Waals surface area contributed by atoms with Crippen LogP contribution < -0.4 is 24.9 Å². The first-order chi connectivity index (χ1) is 25.6. The zero-order chi connectivity index (χ0) is 38.8. The maximum absolute atomic E-state index is 14.7. The summed E-state index contributed by atoms with van der Waals surface area (Å²) in [6.07, 6.45) is 7.22. The number of benzene rings is 1. The average molecular weight is 771 g/mol. The fourth-order valence-corrected chi connectivity index (χ4v) is 8.40. The van der Waals surface area contributed by atoms with Crippen LogP contribution in [0.25, 0.3) is 11.4 Å². The molecule has 1 aromatic heterocycles. The number of alkyl carbamates (subject to hydrolysis) is 1. The summed E-state index contributed by atoms with van der Waals surface area (Å²) in [5, 5.41) is 17.6. The Kier molecular flexibility index (Phi) is 11.2. The third-order valence-electron chi connectivity index (χ3n) is 10.3. The summed E-state index contributed by atoms with van der Waals surface area (Å²) in [6, 6.07) is 4.11. The summed E-state index contributed by atoms with van der Waals surface area (Å²) in [6.45, 7) is 6.91. The summed E-state index contributed by atoms with van der Waals surface area (Å²) in [5.41, 5.74) is -1.64. The van der Waals surface area contributed by atoms with Gasteiger partial charge in [-0.05, 0) is 101 Å². The van der Waals surface area contributed by atoms with Gasteiger partial charge in [0.05, 0.1) is 18.4 Å². The molecule has 18 heteroatoms. The van der Waals surface area contributed by atoms with Crippen molar-refractivity contribution in [3.8, 4) is 17.1 Å². The molecule has 2 saturated carbocycles. The van der Waals surface area contributed by atoms with Crippen molar-refractivity contribution < 1.29 is 41.9 Å². The summed E-state index contributed by atoms with van der Waals surface area (Å²) >= 11 is 0. The molecule has 3 fully saturated rings. The van der Waals surface area contributed by atoms with E-state index in [0.29, 0.717) is 43.4 Å². The van der Waals surface area contributed by atoms with Gasteiger partial charge in [0, 0.05) is 16.9 Å². The molecule has 4 amide bonds. The van der Waals surface area contributed by atoms with Gasteiger partial charge in [-0.1, -0.05) is 37.0 Å². The van der Waals surface area contributed by atoms with E-state index in [0.717, 1.165) is 24.2 Å². The Bertz CT molecular complexity index is 1860. The van der Waals surface area contributed by atoms with E-state index in [1.807, 2.05) is 12.2 Å². The number of sulfonamides is 1. The standard InChI is InChI=1S/C36H50N8O9S/c1-22-21-36(22,33(47)41-54(49,50)25-18-19-25)38-31(45)28-20-29(53-44-40-30(39-42-44)23-14-16-24(51-5)17-15-23)27-13-11-9-7-6-8-10-12-26(32(46)43(27)28)37-34(48)52-35(2,3)4/h9,11,14-17,22,25-29H,6-8,10,12-13,18-21H2,1-5H3,(H,37,48)(H,38,45)(H,41,47)/b11-9-/t22-,26?,27?,28+,29-,36?/m1/s1. The Morgan fingerprint density at radius 1 is 1.02 bits per heavy atom. The monoisotopic (exact) mass is 770 g/mol. The fraction of sp³-hybridized carbons (Fsp3) is 0.639. The van der Waals surface area contributed by atoms with E-state index in [1.54, 1.807) is 59.1 Å². The van der Waals surface area contributed by atoms with Crippen molar-refractivity contribution in [2.75, 3.05) is 7.11 Å². The number of fused-ring (bicyclic) bond motifs is 1. The van der Waals surface area contributed by atoms with Crippen molar-refractivity contribution >= 4 is 33.8 Å². The number of allylic oxidation sites excluding steroid dienone is 1. The van der Waals surface area contributed by atoms with Crippen molar-refractivity contribution in [1.82, 2.24) is 40.6 Å². The summed E-state index contributed by atoms with van der Waals surface area (Å²) in [5.74, 6) is -1.41. The maximum Gasteiger partial charge on any atom is 0.408 e. The number of nitrogens with one attached hydrogen (secondary N) is 3. The molecule has 6 atom stereocenters. The first kappa shape index (κ1) is 39.0. The third-order valence-corrected chi connectivity index (χ3v) is 12.1. The Labute approximate surface area is 314 Å². The lowest BCUT2D eigenvalue weighted by Gasteiger charge is -2.34. The van der Waals surface area contributed by atoms with Crippen LogP contribution in [0.1, 0.15) is 91.9 Å². The molecule has 17 nitrogen and oxygen atoms in total. The number of amides is 4. The predicted octanol–water partition coefficient (Wildman–Crippen LogP) is 2.42. The van der Waals surface area contributed by atoms with E-state index in [1.165, 1.54) is 4.90 Å². The molecule has 2 aliphatic heterocycles. The molecular weight excluding hydrogens is 721 g/mol. The normalized spacial score (nSPS) is 28.1. The largest absolute Gasteiger partial charge is 0.497 e. The molecule has 4 aliphatic rings. The first-order valence-corrected chi connectivity index (χ1v) is 20.1. The second kappa shape index (κ2) is 15.5. The second-order valence-electron chi connectivity index (χ2n) is 15.6. The van der Waals surface area contributed by atoms with Crippen molar-refractivity contribution in [3.63, 3.8) is 0 Å². The van der Waals surface area contributed by atoms with Crippen LogP contribution in [-0.4, -0.2) is 105 Å². The van der Waals surface area contributed by atoms with Crippen LogP contribution in [0, 0.1) is 5.92 Å². The summed E-state index contributed by atoms with van der Waals surface area (Å²) in [4.78, 5) is 64.3. The van der Waals surface area contributed by atoms with E-state index in [4.69, 9.17) is 14.3 Å². The van der Waals surface area contributed by atoms with E-state index < -0.39 is 74.5 Å². The SMILES string of the molecule is COc1ccc(-c2nnn(O[C@@H]3C[C@@H](C(=O)NC4(C(=O)NS(=O)(=O)C5CC5)C[C@H]4C)N4C(=O)C(NC(=O)OC(C)(C)C)CCCCC/C=C\CC34)n2)cc1. The molecule has 3 heterocycles. The van der Waals surface area contributed by atoms with Crippen molar-refractivity contribution in [3.05, 3.63) is 36.4 Å². The van der Waals surface area contributed by atoms with E-state index in [2.05, 4.69) is 30.8 Å². The zero-order valence-corrected chi connectivity index (χ0v) is 32.1. The Hall–Kier alpha value is -4.74. The maximum atomic E-state index is 14.7. The van der Waals surface area contributed by atoms with Gasteiger partial charge in [0.1, 0.15) is 29.0 Å². The highest BCUT2D eigenvalue weighted by molar-refractivity contribution is 7.91. The van der Waals surface area contributed by atoms with Gasteiger partial charge < -0.3 is 29.8 Å². The molecule has 54 heavy (non-hydrogen) atoms. The molecule has 294 valence electrons. The third kappa shape index (κ3) is 8.96. The molecule has 1 aromatic carbocycles. The Balaban J connectivity index is 1.31. The number of ether oxygens (including phenoxy) is 2. The lowest BCUT2D eigenvalue weighted by molar-refractivity contribution is -0.143. The van der Waals surface area contributed by atoms with Crippen LogP contribution in [-0.2, 0) is 29.1 Å². The minimum absolute atomic E-state index is 0.0267. The zero-order valence-electron chi connectivity index (χ0n) is 31.3. The van der Waals surface area contributed by atoms with E-state index in [9.17, 15) is 27.6 Å². The number of tetrazole rings is 1. The lowest BCUT2D eigenvalue weighted by Crippen LogP contribution is -2.60. The van der Waals surface area contributed by atoms with Crippen molar-refractivity contribution in [2.45, 2.75) is 133 Å². The predicted molar refractivity (Wildman–Crippen MR) is 194 cm³/mol.